The van der Waals surface area contributed by atoms with Crippen LogP contribution in [-0.4, -0.2) is 69.6 Å². The number of hydrogen-bond donors (Lipinski definition) is 0. The van der Waals surface area contributed by atoms with E-state index in [0.717, 1.165) is 31.2 Å². The summed E-state index contributed by atoms with van der Waals surface area (Å²) in [5, 5.41) is 0. The zero-order chi connectivity index (χ0) is 19.2. The molecule has 0 N–H and O–H groups in total. The summed E-state index contributed by atoms with van der Waals surface area (Å²) in [6.07, 6.45) is 6.85. The van der Waals surface area contributed by atoms with E-state index in [4.69, 9.17) is 4.74 Å². The van der Waals surface area contributed by atoms with Crippen LogP contribution >= 0.6 is 0 Å². The fourth-order valence-corrected chi connectivity index (χ4v) is 3.23. The first-order chi connectivity index (χ1) is 13.8. The molecule has 0 radical (unpaired) electrons. The van der Waals surface area contributed by atoms with Gasteiger partial charge in [0.05, 0.1) is 5.56 Å². The van der Waals surface area contributed by atoms with Crippen molar-refractivity contribution in [2.75, 3.05) is 39.3 Å². The van der Waals surface area contributed by atoms with Gasteiger partial charge in [0.2, 0.25) is 0 Å². The van der Waals surface area contributed by atoms with Crippen molar-refractivity contribution in [1.29, 1.82) is 0 Å². The van der Waals surface area contributed by atoms with E-state index in [0.29, 0.717) is 25.3 Å². The lowest BCUT2D eigenvalue weighted by Gasteiger charge is -2.34. The van der Waals surface area contributed by atoms with E-state index in [-0.39, 0.29) is 5.91 Å². The SMILES string of the molecule is O=C(c1ccc(-n2ccnc2)nc1)N1CCN(CCOc2ccccc2)CC1. The third-order valence-electron chi connectivity index (χ3n) is 4.84. The van der Waals surface area contributed by atoms with E-state index in [1.165, 1.54) is 0 Å². The van der Waals surface area contributed by atoms with E-state index in [1.807, 2.05) is 58.1 Å². The second-order valence-electron chi connectivity index (χ2n) is 6.67. The highest BCUT2D eigenvalue weighted by Crippen LogP contribution is 2.12. The van der Waals surface area contributed by atoms with Crippen LogP contribution in [0.2, 0.25) is 0 Å². The fraction of sp³-hybridized carbons (Fsp3) is 0.286. The molecule has 7 nitrogen and oxygen atoms in total. The second-order valence-corrected chi connectivity index (χ2v) is 6.67. The molecule has 3 aromatic rings. The number of imidazole rings is 1. The van der Waals surface area contributed by atoms with Crippen molar-refractivity contribution >= 4 is 5.91 Å². The number of nitrogens with zero attached hydrogens (tertiary/aromatic N) is 5. The van der Waals surface area contributed by atoms with Gasteiger partial charge in [-0.05, 0) is 24.3 Å². The third-order valence-corrected chi connectivity index (χ3v) is 4.84. The van der Waals surface area contributed by atoms with Gasteiger partial charge in [-0.1, -0.05) is 18.2 Å². The molecule has 7 heteroatoms. The summed E-state index contributed by atoms with van der Waals surface area (Å²) in [6, 6.07) is 13.5. The molecule has 4 rings (SSSR count). The number of benzene rings is 1. The van der Waals surface area contributed by atoms with Gasteiger partial charge in [-0.25, -0.2) is 9.97 Å². The Morgan fingerprint density at radius 1 is 1.04 bits per heavy atom. The Kier molecular flexibility index (Phi) is 5.63. The topological polar surface area (TPSA) is 63.5 Å². The number of amides is 1. The van der Waals surface area contributed by atoms with Gasteiger partial charge in [-0.3, -0.25) is 14.3 Å². The van der Waals surface area contributed by atoms with Crippen molar-refractivity contribution in [3.05, 3.63) is 72.9 Å². The second kappa shape index (κ2) is 8.67. The third kappa shape index (κ3) is 4.37. The minimum atomic E-state index is 0.0323. The van der Waals surface area contributed by atoms with Gasteiger partial charge in [-0.15, -0.1) is 0 Å². The molecule has 1 fully saturated rings. The van der Waals surface area contributed by atoms with Crippen LogP contribution < -0.4 is 4.74 Å². The zero-order valence-corrected chi connectivity index (χ0v) is 15.6. The Labute approximate surface area is 164 Å². The number of ether oxygens (including phenoxy) is 1. The molecular weight excluding hydrogens is 354 g/mol. The van der Waals surface area contributed by atoms with Gasteiger partial charge in [0.1, 0.15) is 24.5 Å². The number of piperazine rings is 1. The number of pyridine rings is 1. The molecular formula is C21H23N5O2. The molecule has 28 heavy (non-hydrogen) atoms. The van der Waals surface area contributed by atoms with Crippen LogP contribution in [-0.2, 0) is 0 Å². The van der Waals surface area contributed by atoms with Gasteiger partial charge in [0, 0.05) is 51.3 Å². The largest absolute Gasteiger partial charge is 0.492 e. The smallest absolute Gasteiger partial charge is 0.255 e. The lowest BCUT2D eigenvalue weighted by atomic mass is 10.2. The predicted molar refractivity (Wildman–Crippen MR) is 106 cm³/mol. The average Bonchev–Trinajstić information content (AvgIpc) is 3.30. The number of hydrogen-bond acceptors (Lipinski definition) is 5. The van der Waals surface area contributed by atoms with Crippen molar-refractivity contribution in [1.82, 2.24) is 24.3 Å². The summed E-state index contributed by atoms with van der Waals surface area (Å²) in [5.41, 5.74) is 0.615. The van der Waals surface area contributed by atoms with Crippen LogP contribution in [0.5, 0.6) is 5.75 Å². The first-order valence-electron chi connectivity index (χ1n) is 9.43. The highest BCUT2D eigenvalue weighted by atomic mass is 16.5. The standard InChI is InChI=1S/C21H23N5O2/c27-21(18-6-7-20(23-16-18)26-9-8-22-17-26)25-12-10-24(11-13-25)14-15-28-19-4-2-1-3-5-19/h1-9,16-17H,10-15H2. The quantitative estimate of drug-likeness (QED) is 0.658. The van der Waals surface area contributed by atoms with Crippen molar-refractivity contribution in [3.8, 4) is 11.6 Å². The van der Waals surface area contributed by atoms with Crippen molar-refractivity contribution < 1.29 is 9.53 Å². The highest BCUT2D eigenvalue weighted by molar-refractivity contribution is 5.94. The van der Waals surface area contributed by atoms with Crippen LogP contribution in [0, 0.1) is 0 Å². The molecule has 0 saturated carbocycles. The minimum Gasteiger partial charge on any atom is -0.492 e. The summed E-state index contributed by atoms with van der Waals surface area (Å²) < 4.78 is 7.57. The van der Waals surface area contributed by atoms with E-state index in [1.54, 1.807) is 18.7 Å². The van der Waals surface area contributed by atoms with E-state index < -0.39 is 0 Å². The molecule has 144 valence electrons. The first-order valence-corrected chi connectivity index (χ1v) is 9.43. The fourth-order valence-electron chi connectivity index (χ4n) is 3.23. The van der Waals surface area contributed by atoms with Gasteiger partial charge in [-0.2, -0.15) is 0 Å². The molecule has 2 aromatic heterocycles. The maximum atomic E-state index is 12.7. The molecule has 1 aromatic carbocycles. The molecule has 1 saturated heterocycles. The van der Waals surface area contributed by atoms with Gasteiger partial charge >= 0.3 is 0 Å². The maximum absolute atomic E-state index is 12.7. The van der Waals surface area contributed by atoms with Crippen molar-refractivity contribution in [2.45, 2.75) is 0 Å². The number of rotatable bonds is 6. The first kappa shape index (κ1) is 18.2. The van der Waals surface area contributed by atoms with Crippen molar-refractivity contribution in [2.24, 2.45) is 0 Å². The molecule has 0 unspecified atom stereocenters. The Morgan fingerprint density at radius 2 is 1.86 bits per heavy atom. The number of carbonyl (C=O) groups is 1. The number of para-hydroxylation sites is 1. The summed E-state index contributed by atoms with van der Waals surface area (Å²) in [4.78, 5) is 25.3. The molecule has 0 aliphatic carbocycles. The summed E-state index contributed by atoms with van der Waals surface area (Å²) in [6.45, 7) is 4.64. The molecule has 1 aliphatic rings. The van der Waals surface area contributed by atoms with E-state index in [9.17, 15) is 4.79 Å². The molecule has 0 spiro atoms. The highest BCUT2D eigenvalue weighted by Gasteiger charge is 2.22. The van der Waals surface area contributed by atoms with Crippen LogP contribution in [0.25, 0.3) is 5.82 Å². The zero-order valence-electron chi connectivity index (χ0n) is 15.6. The van der Waals surface area contributed by atoms with Crippen LogP contribution in [0.3, 0.4) is 0 Å². The number of aromatic nitrogens is 3. The van der Waals surface area contributed by atoms with Crippen LogP contribution in [0.4, 0.5) is 0 Å². The average molecular weight is 377 g/mol. The van der Waals surface area contributed by atoms with Gasteiger partial charge < -0.3 is 9.64 Å². The molecule has 1 aliphatic heterocycles. The molecule has 0 atom stereocenters. The minimum absolute atomic E-state index is 0.0323. The Hall–Kier alpha value is -3.19. The van der Waals surface area contributed by atoms with Crippen LogP contribution in [0.15, 0.2) is 67.4 Å². The van der Waals surface area contributed by atoms with Gasteiger partial charge in [0.25, 0.3) is 5.91 Å². The Bertz CT molecular complexity index is 873. The lowest BCUT2D eigenvalue weighted by Crippen LogP contribution is -2.49. The normalized spacial score (nSPS) is 14.8. The molecule has 3 heterocycles. The lowest BCUT2D eigenvalue weighted by molar-refractivity contribution is 0.0620. The van der Waals surface area contributed by atoms with E-state index >= 15 is 0 Å². The summed E-state index contributed by atoms with van der Waals surface area (Å²) >= 11 is 0. The van der Waals surface area contributed by atoms with Gasteiger partial charge in [0.15, 0.2) is 0 Å². The van der Waals surface area contributed by atoms with Crippen LogP contribution in [0.1, 0.15) is 10.4 Å². The summed E-state index contributed by atoms with van der Waals surface area (Å²) in [5.74, 6) is 1.67. The molecule has 1 amide bonds. The van der Waals surface area contributed by atoms with Crippen molar-refractivity contribution in [3.63, 3.8) is 0 Å². The predicted octanol–water partition coefficient (Wildman–Crippen LogP) is 2.10. The van der Waals surface area contributed by atoms with E-state index in [2.05, 4.69) is 14.9 Å². The summed E-state index contributed by atoms with van der Waals surface area (Å²) in [7, 11) is 0. The maximum Gasteiger partial charge on any atom is 0.255 e. The Morgan fingerprint density at radius 3 is 2.54 bits per heavy atom. The Balaban J connectivity index is 1.24. The molecule has 0 bridgehead atoms. The monoisotopic (exact) mass is 377 g/mol. The number of carbonyl (C=O) groups excluding carboxylic acids is 1.